The van der Waals surface area contributed by atoms with Gasteiger partial charge in [0.2, 0.25) is 0 Å². The standard InChI is InChI=1S/C7H12N2O4S/c1-5-6(14-4-12-5)9-13-7(10)8-3-11-2/h5H,3-4H2,1-2H3,(H,8,10). The summed E-state index contributed by atoms with van der Waals surface area (Å²) in [6.45, 7) is 1.94. The first kappa shape index (κ1) is 11.3. The van der Waals surface area contributed by atoms with Crippen LogP contribution >= 0.6 is 11.8 Å². The van der Waals surface area contributed by atoms with Crippen LogP contribution in [0.4, 0.5) is 4.79 Å². The van der Waals surface area contributed by atoms with Crippen molar-refractivity contribution in [2.24, 2.45) is 5.16 Å². The van der Waals surface area contributed by atoms with Crippen LogP contribution in [0, 0.1) is 0 Å². The van der Waals surface area contributed by atoms with Crippen molar-refractivity contribution in [3.8, 4) is 0 Å². The Labute approximate surface area is 85.9 Å². The van der Waals surface area contributed by atoms with Gasteiger partial charge in [-0.05, 0) is 6.92 Å². The lowest BCUT2D eigenvalue weighted by Gasteiger charge is -2.02. The van der Waals surface area contributed by atoms with Crippen LogP contribution in [-0.2, 0) is 14.3 Å². The van der Waals surface area contributed by atoms with E-state index in [0.29, 0.717) is 11.0 Å². The minimum absolute atomic E-state index is 0.100. The number of hydrogen-bond acceptors (Lipinski definition) is 6. The summed E-state index contributed by atoms with van der Waals surface area (Å²) in [5, 5.41) is 6.64. The zero-order valence-electron chi connectivity index (χ0n) is 7.98. The second-order valence-corrected chi connectivity index (χ2v) is 3.43. The van der Waals surface area contributed by atoms with Gasteiger partial charge in [0.25, 0.3) is 0 Å². The van der Waals surface area contributed by atoms with Crippen molar-refractivity contribution in [2.45, 2.75) is 13.0 Å². The van der Waals surface area contributed by atoms with Crippen LogP contribution in [0.2, 0.25) is 0 Å². The molecular formula is C7H12N2O4S. The Morgan fingerprint density at radius 2 is 2.64 bits per heavy atom. The highest BCUT2D eigenvalue weighted by Gasteiger charge is 2.20. The Kier molecular flexibility index (Phi) is 4.71. The molecule has 0 aromatic rings. The molecule has 0 aliphatic carbocycles. The van der Waals surface area contributed by atoms with E-state index < -0.39 is 6.09 Å². The van der Waals surface area contributed by atoms with E-state index >= 15 is 0 Å². The Morgan fingerprint density at radius 1 is 1.86 bits per heavy atom. The van der Waals surface area contributed by atoms with Crippen molar-refractivity contribution in [1.82, 2.24) is 5.32 Å². The lowest BCUT2D eigenvalue weighted by molar-refractivity contribution is 0.120. The number of hydrogen-bond donors (Lipinski definition) is 1. The Morgan fingerprint density at radius 3 is 3.21 bits per heavy atom. The molecular weight excluding hydrogens is 208 g/mol. The molecule has 1 unspecified atom stereocenters. The van der Waals surface area contributed by atoms with Crippen LogP contribution < -0.4 is 5.32 Å². The summed E-state index contributed by atoms with van der Waals surface area (Å²) in [7, 11) is 1.47. The number of nitrogens with zero attached hydrogens (tertiary/aromatic N) is 1. The lowest BCUT2D eigenvalue weighted by atomic mass is 10.4. The molecule has 1 heterocycles. The second-order valence-electron chi connectivity index (χ2n) is 2.49. The molecule has 80 valence electrons. The molecule has 0 bridgehead atoms. The molecule has 1 aliphatic rings. The molecule has 7 heteroatoms. The van der Waals surface area contributed by atoms with E-state index in [1.54, 1.807) is 0 Å². The first-order chi connectivity index (χ1) is 6.74. The molecule has 0 radical (unpaired) electrons. The summed E-state index contributed by atoms with van der Waals surface area (Å²) in [5.74, 6) is 0.545. The van der Waals surface area contributed by atoms with Gasteiger partial charge >= 0.3 is 6.09 Å². The third-order valence-corrected chi connectivity index (χ3v) is 2.41. The van der Waals surface area contributed by atoms with Crippen molar-refractivity contribution < 1.29 is 19.1 Å². The SMILES string of the molecule is COCNC(=O)ON=C1SCOC1C. The van der Waals surface area contributed by atoms with E-state index in [2.05, 4.69) is 20.0 Å². The molecule has 0 aromatic heterocycles. The molecule has 14 heavy (non-hydrogen) atoms. The minimum Gasteiger partial charge on any atom is -0.364 e. The highest BCUT2D eigenvalue weighted by molar-refractivity contribution is 8.14. The zero-order chi connectivity index (χ0) is 10.4. The fourth-order valence-electron chi connectivity index (χ4n) is 0.735. The molecule has 0 aromatic carbocycles. The summed E-state index contributed by atoms with van der Waals surface area (Å²) in [6, 6.07) is 0. The zero-order valence-corrected chi connectivity index (χ0v) is 8.80. The van der Waals surface area contributed by atoms with E-state index in [4.69, 9.17) is 4.74 Å². The summed E-state index contributed by atoms with van der Waals surface area (Å²) in [4.78, 5) is 15.5. The fraction of sp³-hybridized carbons (Fsp3) is 0.714. The maximum atomic E-state index is 10.9. The van der Waals surface area contributed by atoms with Crippen LogP contribution in [0.3, 0.4) is 0 Å². The molecule has 1 amide bonds. The van der Waals surface area contributed by atoms with Crippen LogP contribution in [0.25, 0.3) is 0 Å². The number of ether oxygens (including phenoxy) is 2. The van der Waals surface area contributed by atoms with Crippen LogP contribution in [-0.4, -0.2) is 37.0 Å². The minimum atomic E-state index is -0.640. The van der Waals surface area contributed by atoms with Crippen LogP contribution in [0.1, 0.15) is 6.92 Å². The average Bonchev–Trinajstić information content (AvgIpc) is 2.58. The fourth-order valence-corrected chi connectivity index (χ4v) is 1.52. The van der Waals surface area contributed by atoms with Gasteiger partial charge in [0.05, 0.1) is 5.94 Å². The van der Waals surface area contributed by atoms with E-state index in [1.165, 1.54) is 18.9 Å². The Balaban J connectivity index is 2.27. The number of oxime groups is 1. The number of carbonyl (C=O) groups is 1. The lowest BCUT2D eigenvalue weighted by Crippen LogP contribution is -2.25. The molecule has 1 fully saturated rings. The second kappa shape index (κ2) is 5.84. The van der Waals surface area contributed by atoms with Gasteiger partial charge in [-0.25, -0.2) is 4.79 Å². The van der Waals surface area contributed by atoms with Crippen molar-refractivity contribution in [2.75, 3.05) is 19.8 Å². The molecule has 1 saturated heterocycles. The average molecular weight is 220 g/mol. The molecule has 1 N–H and O–H groups in total. The third kappa shape index (κ3) is 3.52. The molecule has 1 aliphatic heterocycles. The van der Waals surface area contributed by atoms with Crippen molar-refractivity contribution >= 4 is 22.9 Å². The van der Waals surface area contributed by atoms with E-state index in [-0.39, 0.29) is 12.8 Å². The number of carbonyl (C=O) groups excluding carboxylic acids is 1. The summed E-state index contributed by atoms with van der Waals surface area (Å²) in [6.07, 6.45) is -0.741. The van der Waals surface area contributed by atoms with Crippen molar-refractivity contribution in [3.63, 3.8) is 0 Å². The number of rotatable bonds is 3. The number of nitrogens with one attached hydrogen (secondary N) is 1. The summed E-state index contributed by atoms with van der Waals surface area (Å²) < 4.78 is 9.79. The quantitative estimate of drug-likeness (QED) is 0.431. The summed E-state index contributed by atoms with van der Waals surface area (Å²) >= 11 is 1.41. The van der Waals surface area contributed by atoms with Crippen molar-refractivity contribution in [3.05, 3.63) is 0 Å². The molecule has 0 saturated carbocycles. The first-order valence-corrected chi connectivity index (χ1v) is 4.98. The molecule has 0 spiro atoms. The predicted octanol–water partition coefficient (Wildman–Crippen LogP) is 0.739. The van der Waals surface area contributed by atoms with Gasteiger partial charge in [-0.1, -0.05) is 16.9 Å². The molecule has 1 atom stereocenters. The van der Waals surface area contributed by atoms with Crippen LogP contribution in [0.5, 0.6) is 0 Å². The largest absolute Gasteiger partial charge is 0.435 e. The Hall–Kier alpha value is -0.790. The molecule has 6 nitrogen and oxygen atoms in total. The van der Waals surface area contributed by atoms with Gasteiger partial charge in [-0.2, -0.15) is 0 Å². The highest BCUT2D eigenvalue weighted by Crippen LogP contribution is 2.19. The van der Waals surface area contributed by atoms with Gasteiger partial charge in [-0.3, -0.25) is 10.2 Å². The van der Waals surface area contributed by atoms with Crippen LogP contribution in [0.15, 0.2) is 5.16 Å². The van der Waals surface area contributed by atoms with Crippen molar-refractivity contribution in [1.29, 1.82) is 0 Å². The van der Waals surface area contributed by atoms with E-state index in [9.17, 15) is 4.79 Å². The van der Waals surface area contributed by atoms with Gasteiger partial charge < -0.3 is 9.47 Å². The normalized spacial score (nSPS) is 23.9. The smallest absolute Gasteiger partial charge is 0.364 e. The van der Waals surface area contributed by atoms with Gasteiger partial charge in [-0.15, -0.1) is 0 Å². The van der Waals surface area contributed by atoms with Gasteiger partial charge in [0.15, 0.2) is 0 Å². The number of thioether (sulfide) groups is 1. The third-order valence-electron chi connectivity index (χ3n) is 1.45. The monoisotopic (exact) mass is 220 g/mol. The van der Waals surface area contributed by atoms with Gasteiger partial charge in [0, 0.05) is 7.11 Å². The molecule has 1 rings (SSSR count). The number of amides is 1. The topological polar surface area (TPSA) is 69.2 Å². The Bertz CT molecular complexity index is 234. The van der Waals surface area contributed by atoms with Gasteiger partial charge in [0.1, 0.15) is 17.9 Å². The summed E-state index contributed by atoms with van der Waals surface area (Å²) in [5.41, 5.74) is 0. The van der Waals surface area contributed by atoms with E-state index in [0.717, 1.165) is 0 Å². The predicted molar refractivity (Wildman–Crippen MR) is 51.9 cm³/mol. The maximum absolute atomic E-state index is 10.9. The highest BCUT2D eigenvalue weighted by atomic mass is 32.2. The number of methoxy groups -OCH3 is 1. The maximum Gasteiger partial charge on any atom is 0.435 e. The van der Waals surface area contributed by atoms with E-state index in [1.807, 2.05) is 6.92 Å². The first-order valence-electron chi connectivity index (χ1n) is 4.00.